The van der Waals surface area contributed by atoms with Gasteiger partial charge < -0.3 is 4.42 Å². The minimum Gasteiger partial charge on any atom is -0.456 e. The zero-order chi connectivity index (χ0) is 37.7. The first-order chi connectivity index (χ1) is 28.2. The van der Waals surface area contributed by atoms with Crippen LogP contribution in [0.1, 0.15) is 0 Å². The van der Waals surface area contributed by atoms with Crippen LogP contribution in [0.2, 0.25) is 0 Å². The van der Waals surface area contributed by atoms with Gasteiger partial charge in [0.25, 0.3) is 0 Å². The highest BCUT2D eigenvalue weighted by Gasteiger charge is 2.19. The molecule has 0 amide bonds. The average molecular weight is 728 g/mol. The van der Waals surface area contributed by atoms with Crippen molar-refractivity contribution in [2.24, 2.45) is 0 Å². The summed E-state index contributed by atoms with van der Waals surface area (Å²) in [4.78, 5) is 15.4. The van der Waals surface area contributed by atoms with Crippen molar-refractivity contribution in [2.75, 3.05) is 0 Å². The monoisotopic (exact) mass is 727 g/mol. The topological polar surface area (TPSA) is 51.8 Å². The van der Waals surface area contributed by atoms with Gasteiger partial charge in [-0.2, -0.15) is 0 Å². The van der Waals surface area contributed by atoms with Crippen LogP contribution < -0.4 is 0 Å². The Hall–Kier alpha value is -7.69. The van der Waals surface area contributed by atoms with E-state index in [1.807, 2.05) is 48.5 Å². The Morgan fingerprint density at radius 3 is 1.61 bits per heavy atom. The van der Waals surface area contributed by atoms with E-state index in [-0.39, 0.29) is 0 Å². The predicted molar refractivity (Wildman–Crippen MR) is 235 cm³/mol. The summed E-state index contributed by atoms with van der Waals surface area (Å²) >= 11 is 0. The molecule has 266 valence electrons. The van der Waals surface area contributed by atoms with Crippen molar-refractivity contribution < 1.29 is 4.42 Å². The minimum atomic E-state index is 0.598. The SMILES string of the molecule is c1ccc(-c2ccc(-c3ccccc3-c3nc(-c4ccccc4)nc(-c4ccc5oc6cc(-c7cccc8ccccc78)c7ccccc7c6c5c4)n3)cc2)cc1. The van der Waals surface area contributed by atoms with Gasteiger partial charge in [-0.3, -0.25) is 0 Å². The molecule has 11 rings (SSSR count). The lowest BCUT2D eigenvalue weighted by Crippen LogP contribution is -2.01. The van der Waals surface area contributed by atoms with Crippen molar-refractivity contribution >= 4 is 43.5 Å². The third-order valence-electron chi connectivity index (χ3n) is 11.0. The summed E-state index contributed by atoms with van der Waals surface area (Å²) in [5.41, 5.74) is 11.3. The molecule has 11 aromatic rings. The second kappa shape index (κ2) is 13.6. The van der Waals surface area contributed by atoms with Crippen LogP contribution in [0, 0.1) is 0 Å². The van der Waals surface area contributed by atoms with Gasteiger partial charge in [0.2, 0.25) is 0 Å². The quantitative estimate of drug-likeness (QED) is 0.171. The number of fused-ring (bicyclic) bond motifs is 6. The molecule has 0 aliphatic heterocycles. The number of benzene rings is 9. The van der Waals surface area contributed by atoms with Crippen LogP contribution in [-0.2, 0) is 0 Å². The lowest BCUT2D eigenvalue weighted by Gasteiger charge is -2.13. The zero-order valence-corrected chi connectivity index (χ0v) is 30.8. The molecule has 0 unspecified atom stereocenters. The maximum Gasteiger partial charge on any atom is 0.164 e. The van der Waals surface area contributed by atoms with E-state index in [9.17, 15) is 0 Å². The highest BCUT2D eigenvalue weighted by atomic mass is 16.3. The highest BCUT2D eigenvalue weighted by Crippen LogP contribution is 2.43. The molecule has 0 bridgehead atoms. The van der Waals surface area contributed by atoms with Gasteiger partial charge in [0, 0.05) is 27.5 Å². The molecule has 4 nitrogen and oxygen atoms in total. The summed E-state index contributed by atoms with van der Waals surface area (Å²) in [7, 11) is 0. The van der Waals surface area contributed by atoms with Gasteiger partial charge in [0.15, 0.2) is 17.5 Å². The highest BCUT2D eigenvalue weighted by molar-refractivity contribution is 6.23. The molecule has 0 atom stereocenters. The van der Waals surface area contributed by atoms with Gasteiger partial charge in [-0.05, 0) is 79.2 Å². The maximum atomic E-state index is 6.66. The summed E-state index contributed by atoms with van der Waals surface area (Å²) in [6.07, 6.45) is 0. The molecule has 0 saturated heterocycles. The van der Waals surface area contributed by atoms with Gasteiger partial charge in [-0.1, -0.05) is 176 Å². The summed E-state index contributed by atoms with van der Waals surface area (Å²) in [6, 6.07) is 69.8. The van der Waals surface area contributed by atoms with Crippen LogP contribution in [0.15, 0.2) is 205 Å². The maximum absolute atomic E-state index is 6.66. The normalized spacial score (nSPS) is 11.5. The molecule has 0 saturated carbocycles. The first kappa shape index (κ1) is 32.7. The van der Waals surface area contributed by atoms with Crippen LogP contribution in [-0.4, -0.2) is 15.0 Å². The number of rotatable bonds is 6. The third-order valence-corrected chi connectivity index (χ3v) is 11.0. The van der Waals surface area contributed by atoms with Crippen molar-refractivity contribution in [3.8, 4) is 67.5 Å². The van der Waals surface area contributed by atoms with E-state index >= 15 is 0 Å². The van der Waals surface area contributed by atoms with Crippen molar-refractivity contribution in [3.63, 3.8) is 0 Å². The van der Waals surface area contributed by atoms with Crippen LogP contribution >= 0.6 is 0 Å². The molecule has 0 aliphatic rings. The van der Waals surface area contributed by atoms with E-state index in [0.29, 0.717) is 17.5 Å². The lowest BCUT2D eigenvalue weighted by molar-refractivity contribution is 0.669. The van der Waals surface area contributed by atoms with Crippen molar-refractivity contribution in [3.05, 3.63) is 200 Å². The van der Waals surface area contributed by atoms with Gasteiger partial charge in [-0.25, -0.2) is 15.0 Å². The van der Waals surface area contributed by atoms with Crippen molar-refractivity contribution in [1.82, 2.24) is 15.0 Å². The zero-order valence-electron chi connectivity index (χ0n) is 30.8. The van der Waals surface area contributed by atoms with Gasteiger partial charge >= 0.3 is 0 Å². The van der Waals surface area contributed by atoms with E-state index in [2.05, 4.69) is 152 Å². The molecule has 0 radical (unpaired) electrons. The molecule has 9 aromatic carbocycles. The summed E-state index contributed by atoms with van der Waals surface area (Å²) in [6.45, 7) is 0. The molecule has 4 heteroatoms. The molecule has 0 aliphatic carbocycles. The second-order valence-electron chi connectivity index (χ2n) is 14.3. The fourth-order valence-electron chi connectivity index (χ4n) is 8.21. The first-order valence-corrected chi connectivity index (χ1v) is 19.2. The fraction of sp³-hybridized carbons (Fsp3) is 0. The molecule has 0 spiro atoms. The number of furan rings is 1. The first-order valence-electron chi connectivity index (χ1n) is 19.2. The van der Waals surface area contributed by atoms with E-state index in [1.165, 1.54) is 32.8 Å². The Labute approximate surface area is 329 Å². The molecule has 0 N–H and O–H groups in total. The van der Waals surface area contributed by atoms with Crippen molar-refractivity contribution in [1.29, 1.82) is 0 Å². The lowest BCUT2D eigenvalue weighted by atomic mass is 9.92. The van der Waals surface area contributed by atoms with E-state index in [0.717, 1.165) is 60.7 Å². The van der Waals surface area contributed by atoms with E-state index < -0.39 is 0 Å². The molecule has 57 heavy (non-hydrogen) atoms. The number of nitrogens with zero attached hydrogens (tertiary/aromatic N) is 3. The Kier molecular flexibility index (Phi) is 7.78. The molecular formula is C53H33N3O. The molecule has 2 aromatic heterocycles. The average Bonchev–Trinajstić information content (AvgIpc) is 3.67. The minimum absolute atomic E-state index is 0.598. The Bertz CT molecular complexity index is 3270. The van der Waals surface area contributed by atoms with E-state index in [4.69, 9.17) is 19.4 Å². The number of hydrogen-bond acceptors (Lipinski definition) is 4. The van der Waals surface area contributed by atoms with Crippen LogP contribution in [0.4, 0.5) is 0 Å². The largest absolute Gasteiger partial charge is 0.456 e. The Morgan fingerprint density at radius 2 is 0.825 bits per heavy atom. The summed E-state index contributed by atoms with van der Waals surface area (Å²) < 4.78 is 6.66. The van der Waals surface area contributed by atoms with Gasteiger partial charge in [-0.15, -0.1) is 0 Å². The van der Waals surface area contributed by atoms with Gasteiger partial charge in [0.05, 0.1) is 0 Å². The standard InChI is InChI=1S/C53H33N3O/c1-3-14-34(15-4-1)35-26-28-37(29-27-35)41-21-9-12-24-45(41)53-55-51(38-17-5-2-6-18-38)54-52(56-53)39-30-31-48-47(32-39)50-44-23-11-10-22-43(44)46(33-49(50)57-48)42-25-13-19-36-16-7-8-20-40(36)42/h1-33H. The molecule has 0 fully saturated rings. The van der Waals surface area contributed by atoms with Crippen LogP contribution in [0.25, 0.3) is 111 Å². The van der Waals surface area contributed by atoms with Crippen molar-refractivity contribution in [2.45, 2.75) is 0 Å². The van der Waals surface area contributed by atoms with Crippen LogP contribution in [0.5, 0.6) is 0 Å². The number of hydrogen-bond donors (Lipinski definition) is 0. The van der Waals surface area contributed by atoms with Crippen LogP contribution in [0.3, 0.4) is 0 Å². The summed E-state index contributed by atoms with van der Waals surface area (Å²) in [5.74, 6) is 1.83. The van der Waals surface area contributed by atoms with E-state index in [1.54, 1.807) is 0 Å². The number of aromatic nitrogens is 3. The predicted octanol–water partition coefficient (Wildman–Crippen LogP) is 14.1. The molecule has 2 heterocycles. The fourth-order valence-corrected chi connectivity index (χ4v) is 8.21. The smallest absolute Gasteiger partial charge is 0.164 e. The van der Waals surface area contributed by atoms with Gasteiger partial charge in [0.1, 0.15) is 11.2 Å². The Morgan fingerprint density at radius 1 is 0.281 bits per heavy atom. The third kappa shape index (κ3) is 5.74. The second-order valence-corrected chi connectivity index (χ2v) is 14.3. The summed E-state index contributed by atoms with van der Waals surface area (Å²) in [5, 5.41) is 6.84. The Balaban J connectivity index is 1.08. The molecular weight excluding hydrogens is 695 g/mol.